The number of aromatic amines is 1. The monoisotopic (exact) mass is 528 g/mol. The number of carbonyl (C=O) groups excluding carboxylic acids is 1. The largest absolute Gasteiger partial charge is 0.378 e. The Morgan fingerprint density at radius 1 is 1.26 bits per heavy atom. The number of aryl methyl sites for hydroxylation is 2. The van der Waals surface area contributed by atoms with Gasteiger partial charge < -0.3 is 19.9 Å². The molecule has 0 radical (unpaired) electrons. The number of amides is 1. The van der Waals surface area contributed by atoms with E-state index < -0.39 is 0 Å². The fraction of sp³-hybridized carbons (Fsp3) is 0.414. The number of nitrogens with zero attached hydrogens (tertiary/aromatic N) is 4. The van der Waals surface area contributed by atoms with Gasteiger partial charge in [0, 0.05) is 46.9 Å². The molecule has 0 spiro atoms. The molecule has 1 aliphatic carbocycles. The number of ether oxygens (including phenoxy) is 1. The van der Waals surface area contributed by atoms with Crippen LogP contribution in [-0.2, 0) is 22.4 Å². The van der Waals surface area contributed by atoms with E-state index in [0.29, 0.717) is 32.2 Å². The maximum absolute atomic E-state index is 12.9. The van der Waals surface area contributed by atoms with Crippen molar-refractivity contribution in [3.63, 3.8) is 0 Å². The van der Waals surface area contributed by atoms with Crippen molar-refractivity contribution in [2.75, 3.05) is 26.3 Å². The third kappa shape index (κ3) is 3.67. The number of thiophene rings is 1. The molecule has 196 valence electrons. The molecule has 9 heteroatoms. The highest BCUT2D eigenvalue weighted by Crippen LogP contribution is 2.46. The first-order valence-corrected chi connectivity index (χ1v) is 14.3. The quantitative estimate of drug-likeness (QED) is 0.405. The topological polar surface area (TPSA) is 87.5 Å². The predicted molar refractivity (Wildman–Crippen MR) is 150 cm³/mol. The van der Waals surface area contributed by atoms with Crippen LogP contribution in [0.2, 0.25) is 0 Å². The van der Waals surface area contributed by atoms with Crippen LogP contribution in [0.4, 0.5) is 0 Å². The molecular weight excluding hydrogens is 496 g/mol. The second kappa shape index (κ2) is 9.18. The highest BCUT2D eigenvalue weighted by Gasteiger charge is 2.29. The Bertz CT molecular complexity index is 1630. The third-order valence-corrected chi connectivity index (χ3v) is 9.37. The zero-order valence-electron chi connectivity index (χ0n) is 22.0. The Labute approximate surface area is 225 Å². The van der Waals surface area contributed by atoms with Crippen LogP contribution < -0.4 is 5.32 Å². The van der Waals surface area contributed by atoms with E-state index in [4.69, 9.17) is 4.74 Å². The summed E-state index contributed by atoms with van der Waals surface area (Å²) >= 11 is 1.81. The normalized spacial score (nSPS) is 19.6. The molecule has 0 bridgehead atoms. The molecule has 2 N–H and O–H groups in total. The maximum atomic E-state index is 12.9. The average molecular weight is 529 g/mol. The van der Waals surface area contributed by atoms with Crippen LogP contribution in [0.1, 0.15) is 53.3 Å². The van der Waals surface area contributed by atoms with Gasteiger partial charge in [0.1, 0.15) is 17.2 Å². The van der Waals surface area contributed by atoms with Gasteiger partial charge in [-0.25, -0.2) is 9.50 Å². The number of rotatable bonds is 4. The smallest absolute Gasteiger partial charge is 0.246 e. The lowest BCUT2D eigenvalue weighted by Crippen LogP contribution is -2.51. The number of morpholine rings is 1. The van der Waals surface area contributed by atoms with Gasteiger partial charge in [0.2, 0.25) is 5.91 Å². The minimum absolute atomic E-state index is 0.0647. The molecule has 1 amide bonds. The van der Waals surface area contributed by atoms with Gasteiger partial charge in [0.15, 0.2) is 5.65 Å². The van der Waals surface area contributed by atoms with Crippen molar-refractivity contribution < 1.29 is 9.53 Å². The van der Waals surface area contributed by atoms with Gasteiger partial charge in [-0.2, -0.15) is 5.10 Å². The molecule has 4 aromatic rings. The van der Waals surface area contributed by atoms with Crippen LogP contribution in [0.5, 0.6) is 0 Å². The molecule has 7 rings (SSSR count). The van der Waals surface area contributed by atoms with E-state index in [0.717, 1.165) is 24.9 Å². The third-order valence-electron chi connectivity index (χ3n) is 8.11. The molecule has 1 atom stereocenters. The van der Waals surface area contributed by atoms with Gasteiger partial charge in [0.05, 0.1) is 18.9 Å². The highest BCUT2D eigenvalue weighted by molar-refractivity contribution is 7.20. The van der Waals surface area contributed by atoms with Gasteiger partial charge in [-0.3, -0.25) is 4.79 Å². The lowest BCUT2D eigenvalue weighted by Gasteiger charge is -2.28. The molecule has 1 saturated heterocycles. The first-order valence-electron chi connectivity index (χ1n) is 13.5. The van der Waals surface area contributed by atoms with Crippen molar-refractivity contribution in [1.29, 1.82) is 0 Å². The van der Waals surface area contributed by atoms with Crippen LogP contribution in [-0.4, -0.2) is 62.7 Å². The van der Waals surface area contributed by atoms with E-state index in [1.54, 1.807) is 11.2 Å². The Kier molecular flexibility index (Phi) is 5.76. The Morgan fingerprint density at radius 2 is 2.13 bits per heavy atom. The summed E-state index contributed by atoms with van der Waals surface area (Å²) in [5.74, 6) is 0.424. The summed E-state index contributed by atoms with van der Waals surface area (Å²) in [4.78, 5) is 25.5. The number of carbonyl (C=O) groups is 1. The van der Waals surface area contributed by atoms with E-state index in [-0.39, 0.29) is 11.9 Å². The zero-order chi connectivity index (χ0) is 26.0. The molecular formula is C29H32N6O2S. The summed E-state index contributed by atoms with van der Waals surface area (Å²) in [6.45, 7) is 9.17. The summed E-state index contributed by atoms with van der Waals surface area (Å²) in [6, 6.07) is -0.268. The molecule has 38 heavy (non-hydrogen) atoms. The minimum atomic E-state index is -0.268. The van der Waals surface area contributed by atoms with Crippen molar-refractivity contribution in [3.05, 3.63) is 58.0 Å². The minimum Gasteiger partial charge on any atom is -0.378 e. The standard InChI is InChI=1S/C29H32N6O2S/c1-16(2)23-24-17(3)26(18-7-10-34(11-8-18)29(36)22-14-37-12-9-30-22)38-28(24)33-25(23)21-13-35-27(31-15-32-35)20-6-4-5-19(20)21/h7-8,10,13,15-16,22,30,33H,4-6,9,11-12,14H2,1-3H3/t22-/m1/s1. The molecule has 1 fully saturated rings. The van der Waals surface area contributed by atoms with Gasteiger partial charge in [-0.1, -0.05) is 19.9 Å². The molecule has 6 heterocycles. The molecule has 8 nitrogen and oxygen atoms in total. The van der Waals surface area contributed by atoms with E-state index >= 15 is 0 Å². The maximum Gasteiger partial charge on any atom is 0.246 e. The molecule has 0 unspecified atom stereocenters. The number of pyridine rings is 1. The van der Waals surface area contributed by atoms with E-state index in [1.807, 2.05) is 22.1 Å². The first kappa shape index (κ1) is 23.8. The average Bonchev–Trinajstić information content (AvgIpc) is 3.72. The van der Waals surface area contributed by atoms with Gasteiger partial charge in [-0.05, 0) is 60.4 Å². The van der Waals surface area contributed by atoms with Crippen LogP contribution in [0.15, 0.2) is 30.9 Å². The van der Waals surface area contributed by atoms with Crippen molar-refractivity contribution in [3.8, 4) is 11.3 Å². The highest BCUT2D eigenvalue weighted by atomic mass is 32.1. The van der Waals surface area contributed by atoms with E-state index in [9.17, 15) is 4.79 Å². The van der Waals surface area contributed by atoms with Gasteiger partial charge in [-0.15, -0.1) is 11.3 Å². The SMILES string of the molecule is Cc1c(C2=CCN(C(=O)[C@H]3COCCN3)C=C2)sc2[nH]c(-c3cn4ncnc4c4c3CCC4)c(C(C)C)c12. The van der Waals surface area contributed by atoms with E-state index in [1.165, 1.54) is 54.2 Å². The number of hydrogen-bond donors (Lipinski definition) is 2. The van der Waals surface area contributed by atoms with Gasteiger partial charge in [0.25, 0.3) is 0 Å². The van der Waals surface area contributed by atoms with Crippen molar-refractivity contribution >= 4 is 38.7 Å². The number of nitrogens with one attached hydrogen (secondary N) is 2. The van der Waals surface area contributed by atoms with Crippen molar-refractivity contribution in [1.82, 2.24) is 29.8 Å². The lowest BCUT2D eigenvalue weighted by molar-refractivity contribution is -0.133. The Balaban J connectivity index is 1.26. The van der Waals surface area contributed by atoms with Crippen LogP contribution in [0, 0.1) is 6.92 Å². The number of H-pyrrole nitrogens is 1. The summed E-state index contributed by atoms with van der Waals surface area (Å²) in [5, 5.41) is 9.07. The summed E-state index contributed by atoms with van der Waals surface area (Å²) in [5.41, 5.74) is 10.1. The summed E-state index contributed by atoms with van der Waals surface area (Å²) < 4.78 is 7.42. The molecule has 4 aromatic heterocycles. The van der Waals surface area contributed by atoms with Crippen molar-refractivity contribution in [2.24, 2.45) is 0 Å². The van der Waals surface area contributed by atoms with E-state index in [2.05, 4.69) is 59.5 Å². The molecule has 2 aliphatic heterocycles. The second-order valence-corrected chi connectivity index (χ2v) is 11.8. The fourth-order valence-electron chi connectivity index (χ4n) is 6.31. The molecule has 3 aliphatic rings. The first-order chi connectivity index (χ1) is 18.5. The van der Waals surface area contributed by atoms with Crippen molar-refractivity contribution in [2.45, 2.75) is 52.0 Å². The molecule has 0 aromatic carbocycles. The summed E-state index contributed by atoms with van der Waals surface area (Å²) in [7, 11) is 0. The lowest BCUT2D eigenvalue weighted by atomic mass is 9.92. The number of fused-ring (bicyclic) bond motifs is 4. The van der Waals surface area contributed by atoms with Crippen LogP contribution in [0.3, 0.4) is 0 Å². The zero-order valence-corrected chi connectivity index (χ0v) is 22.8. The van der Waals surface area contributed by atoms with Gasteiger partial charge >= 0.3 is 0 Å². The number of aromatic nitrogens is 4. The Hall–Kier alpha value is -3.27. The number of allylic oxidation sites excluding steroid dienone is 2. The Morgan fingerprint density at radius 3 is 2.89 bits per heavy atom. The van der Waals surface area contributed by atoms with Crippen LogP contribution >= 0.6 is 11.3 Å². The number of hydrogen-bond acceptors (Lipinski definition) is 6. The second-order valence-electron chi connectivity index (χ2n) is 10.8. The predicted octanol–water partition coefficient (Wildman–Crippen LogP) is 4.59. The molecule has 0 saturated carbocycles. The van der Waals surface area contributed by atoms with Crippen LogP contribution in [0.25, 0.3) is 32.7 Å². The summed E-state index contributed by atoms with van der Waals surface area (Å²) in [6.07, 6.45) is 13.3. The fourth-order valence-corrected chi connectivity index (χ4v) is 7.56.